The lowest BCUT2D eigenvalue weighted by molar-refractivity contribution is 0.674. The van der Waals surface area contributed by atoms with E-state index < -0.39 is 0 Å². The number of rotatable bonds is 5. The first-order valence-electron chi connectivity index (χ1n) is 9.62. The van der Waals surface area contributed by atoms with Gasteiger partial charge in [0, 0.05) is 6.04 Å². The Labute approximate surface area is 149 Å². The maximum atomic E-state index is 6.11. The molecule has 0 spiro atoms. The Kier molecular flexibility index (Phi) is 4.73. The van der Waals surface area contributed by atoms with E-state index in [0.717, 1.165) is 25.7 Å². The molecule has 1 saturated carbocycles. The number of fused-ring (bicyclic) bond motifs is 3. The number of unbranched alkanes of at least 4 members (excludes halogenated alkanes) is 2. The van der Waals surface area contributed by atoms with Crippen molar-refractivity contribution in [1.29, 1.82) is 0 Å². The molecule has 2 aliphatic carbocycles. The standard InChI is InChI=1S/C21H28N2S/c1-2-3-4-5-20-23-19-11-8-16-12-14(15-6-9-17(22)13-15)7-10-18(16)21(19)24-20/h7,10,12,15,17H,2-6,8-9,11,13,22H2,1H3. The summed E-state index contributed by atoms with van der Waals surface area (Å²) in [6.07, 6.45) is 10.9. The monoisotopic (exact) mass is 340 g/mol. The third-order valence-corrected chi connectivity index (χ3v) is 6.88. The summed E-state index contributed by atoms with van der Waals surface area (Å²) in [6, 6.07) is 7.59. The van der Waals surface area contributed by atoms with Crippen LogP contribution in [0.5, 0.6) is 0 Å². The molecule has 2 aliphatic rings. The molecule has 1 aromatic carbocycles. The molecule has 2 N–H and O–H groups in total. The van der Waals surface area contributed by atoms with Crippen molar-refractivity contribution < 1.29 is 0 Å². The zero-order valence-electron chi connectivity index (χ0n) is 14.7. The Morgan fingerprint density at radius 3 is 2.92 bits per heavy atom. The Balaban J connectivity index is 1.57. The van der Waals surface area contributed by atoms with Crippen molar-refractivity contribution in [2.45, 2.75) is 76.7 Å². The van der Waals surface area contributed by atoms with Crippen LogP contribution in [-0.4, -0.2) is 11.0 Å². The summed E-state index contributed by atoms with van der Waals surface area (Å²) < 4.78 is 0. The van der Waals surface area contributed by atoms with Gasteiger partial charge in [-0.1, -0.05) is 38.0 Å². The quantitative estimate of drug-likeness (QED) is 0.756. The highest BCUT2D eigenvalue weighted by atomic mass is 32.1. The number of nitrogens with zero attached hydrogens (tertiary/aromatic N) is 1. The van der Waals surface area contributed by atoms with E-state index in [1.807, 2.05) is 11.3 Å². The molecular formula is C21H28N2S. The lowest BCUT2D eigenvalue weighted by atomic mass is 9.88. The van der Waals surface area contributed by atoms with E-state index in [1.54, 1.807) is 0 Å². The van der Waals surface area contributed by atoms with Crippen molar-refractivity contribution in [3.8, 4) is 10.4 Å². The van der Waals surface area contributed by atoms with Gasteiger partial charge < -0.3 is 5.73 Å². The van der Waals surface area contributed by atoms with Crippen LogP contribution in [0.1, 0.15) is 73.2 Å². The molecule has 0 aliphatic heterocycles. The van der Waals surface area contributed by atoms with Gasteiger partial charge >= 0.3 is 0 Å². The van der Waals surface area contributed by atoms with Crippen molar-refractivity contribution in [1.82, 2.24) is 4.98 Å². The molecule has 4 rings (SSSR count). The largest absolute Gasteiger partial charge is 0.328 e. The Morgan fingerprint density at radius 2 is 2.12 bits per heavy atom. The van der Waals surface area contributed by atoms with Crippen LogP contribution in [0.3, 0.4) is 0 Å². The molecule has 2 aromatic rings. The van der Waals surface area contributed by atoms with Gasteiger partial charge in [0.25, 0.3) is 0 Å². The third-order valence-electron chi connectivity index (χ3n) is 5.69. The highest BCUT2D eigenvalue weighted by Crippen LogP contribution is 2.41. The van der Waals surface area contributed by atoms with E-state index in [4.69, 9.17) is 10.7 Å². The van der Waals surface area contributed by atoms with Crippen LogP contribution < -0.4 is 5.73 Å². The molecule has 1 aromatic heterocycles. The van der Waals surface area contributed by atoms with E-state index in [2.05, 4.69) is 25.1 Å². The molecule has 3 heteroatoms. The van der Waals surface area contributed by atoms with Crippen LogP contribution in [0.15, 0.2) is 18.2 Å². The van der Waals surface area contributed by atoms with Crippen LogP contribution in [0.2, 0.25) is 0 Å². The molecule has 1 fully saturated rings. The molecule has 2 nitrogen and oxygen atoms in total. The Hall–Kier alpha value is -1.19. The first-order chi connectivity index (χ1) is 11.7. The van der Waals surface area contributed by atoms with E-state index in [9.17, 15) is 0 Å². The number of aromatic nitrogens is 1. The van der Waals surface area contributed by atoms with E-state index >= 15 is 0 Å². The molecular weight excluding hydrogens is 312 g/mol. The fraction of sp³-hybridized carbons (Fsp3) is 0.571. The van der Waals surface area contributed by atoms with Crippen molar-refractivity contribution in [3.05, 3.63) is 40.0 Å². The predicted octanol–water partition coefficient (Wildman–Crippen LogP) is 5.24. The van der Waals surface area contributed by atoms with Crippen molar-refractivity contribution in [2.24, 2.45) is 5.73 Å². The van der Waals surface area contributed by atoms with Gasteiger partial charge in [0.1, 0.15) is 0 Å². The SMILES string of the molecule is CCCCCc1nc2c(s1)-c1ccc(C3CCC(N)C3)cc1CC2. The lowest BCUT2D eigenvalue weighted by Gasteiger charge is -2.18. The van der Waals surface area contributed by atoms with E-state index in [1.165, 1.54) is 64.4 Å². The smallest absolute Gasteiger partial charge is 0.0934 e. The summed E-state index contributed by atoms with van der Waals surface area (Å²) >= 11 is 1.94. The topological polar surface area (TPSA) is 38.9 Å². The fourth-order valence-electron chi connectivity index (χ4n) is 4.28. The fourth-order valence-corrected chi connectivity index (χ4v) is 5.49. The van der Waals surface area contributed by atoms with Crippen molar-refractivity contribution >= 4 is 11.3 Å². The number of nitrogens with two attached hydrogens (primary N) is 1. The second kappa shape index (κ2) is 6.97. The summed E-state index contributed by atoms with van der Waals surface area (Å²) in [5, 5.41) is 1.34. The molecule has 1 heterocycles. The van der Waals surface area contributed by atoms with Gasteiger partial charge in [-0.05, 0) is 67.6 Å². The van der Waals surface area contributed by atoms with E-state index in [0.29, 0.717) is 12.0 Å². The first kappa shape index (κ1) is 16.3. The number of benzene rings is 1. The maximum absolute atomic E-state index is 6.11. The molecule has 2 atom stereocenters. The zero-order valence-corrected chi connectivity index (χ0v) is 15.5. The Bertz CT molecular complexity index is 719. The molecule has 0 amide bonds. The maximum Gasteiger partial charge on any atom is 0.0934 e. The van der Waals surface area contributed by atoms with Gasteiger partial charge in [0.2, 0.25) is 0 Å². The van der Waals surface area contributed by atoms with Crippen LogP contribution >= 0.6 is 11.3 Å². The minimum Gasteiger partial charge on any atom is -0.328 e. The summed E-state index contributed by atoms with van der Waals surface area (Å²) in [4.78, 5) is 6.38. The molecule has 24 heavy (non-hydrogen) atoms. The molecule has 0 saturated heterocycles. The zero-order chi connectivity index (χ0) is 16.5. The van der Waals surface area contributed by atoms with Crippen LogP contribution in [0.4, 0.5) is 0 Å². The molecule has 0 radical (unpaired) electrons. The summed E-state index contributed by atoms with van der Waals surface area (Å²) in [6.45, 7) is 2.26. The number of hydrogen-bond donors (Lipinski definition) is 1. The number of hydrogen-bond acceptors (Lipinski definition) is 3. The van der Waals surface area contributed by atoms with Gasteiger partial charge in [-0.2, -0.15) is 0 Å². The second-order valence-corrected chi connectivity index (χ2v) is 8.61. The second-order valence-electron chi connectivity index (χ2n) is 7.53. The van der Waals surface area contributed by atoms with Crippen LogP contribution in [0.25, 0.3) is 10.4 Å². The van der Waals surface area contributed by atoms with Gasteiger partial charge in [0.05, 0.1) is 15.6 Å². The lowest BCUT2D eigenvalue weighted by Crippen LogP contribution is -2.14. The Morgan fingerprint density at radius 1 is 1.21 bits per heavy atom. The highest BCUT2D eigenvalue weighted by molar-refractivity contribution is 7.15. The van der Waals surface area contributed by atoms with Gasteiger partial charge in [-0.25, -0.2) is 4.98 Å². The highest BCUT2D eigenvalue weighted by Gasteiger charge is 2.26. The summed E-state index contributed by atoms with van der Waals surface area (Å²) in [5.74, 6) is 0.678. The van der Waals surface area contributed by atoms with Gasteiger partial charge in [-0.3, -0.25) is 0 Å². The van der Waals surface area contributed by atoms with Crippen molar-refractivity contribution in [2.75, 3.05) is 0 Å². The average molecular weight is 341 g/mol. The molecule has 128 valence electrons. The average Bonchev–Trinajstić information content (AvgIpc) is 3.20. The number of thiazole rings is 1. The first-order valence-corrected chi connectivity index (χ1v) is 10.4. The van der Waals surface area contributed by atoms with Gasteiger partial charge in [0.15, 0.2) is 0 Å². The van der Waals surface area contributed by atoms with Gasteiger partial charge in [-0.15, -0.1) is 11.3 Å². The normalized spacial score (nSPS) is 22.4. The van der Waals surface area contributed by atoms with Crippen LogP contribution in [-0.2, 0) is 19.3 Å². The summed E-state index contributed by atoms with van der Waals surface area (Å²) in [5.41, 5.74) is 11.9. The predicted molar refractivity (Wildman–Crippen MR) is 103 cm³/mol. The summed E-state index contributed by atoms with van der Waals surface area (Å²) in [7, 11) is 0. The van der Waals surface area contributed by atoms with E-state index in [-0.39, 0.29) is 0 Å². The minimum atomic E-state index is 0.407. The number of aryl methyl sites for hydroxylation is 3. The van der Waals surface area contributed by atoms with Crippen LogP contribution in [0, 0.1) is 0 Å². The molecule has 0 bridgehead atoms. The third kappa shape index (κ3) is 3.16. The van der Waals surface area contributed by atoms with Crippen molar-refractivity contribution in [3.63, 3.8) is 0 Å². The molecule has 2 unspecified atom stereocenters. The minimum absolute atomic E-state index is 0.407.